The number of nitrogens with one attached hydrogen (secondary N) is 1. The van der Waals surface area contributed by atoms with Gasteiger partial charge in [-0.25, -0.2) is 0 Å². The summed E-state index contributed by atoms with van der Waals surface area (Å²) in [5.41, 5.74) is 7.09. The summed E-state index contributed by atoms with van der Waals surface area (Å²) in [5.74, 6) is 0.494. The zero-order valence-electron chi connectivity index (χ0n) is 9.73. The largest absolute Gasteiger partial charge is 0.346 e. The maximum atomic E-state index is 12.0. The summed E-state index contributed by atoms with van der Waals surface area (Å²) in [6, 6.07) is 1.90. The van der Waals surface area contributed by atoms with Gasteiger partial charge < -0.3 is 11.1 Å². The molecule has 0 aliphatic heterocycles. The second-order valence-electron chi connectivity index (χ2n) is 4.45. The molecular formula is C11H18N4O. The van der Waals surface area contributed by atoms with Gasteiger partial charge in [0.25, 0.3) is 5.91 Å². The van der Waals surface area contributed by atoms with E-state index >= 15 is 0 Å². The fraction of sp³-hybridized carbons (Fsp3) is 0.636. The van der Waals surface area contributed by atoms with Gasteiger partial charge >= 0.3 is 0 Å². The lowest BCUT2D eigenvalue weighted by Crippen LogP contribution is -2.42. The van der Waals surface area contributed by atoms with E-state index in [-0.39, 0.29) is 11.9 Å². The summed E-state index contributed by atoms with van der Waals surface area (Å²) in [7, 11) is 1.77. The normalized spacial score (nSPS) is 17.2. The van der Waals surface area contributed by atoms with Crippen LogP contribution >= 0.6 is 0 Å². The zero-order valence-corrected chi connectivity index (χ0v) is 9.73. The van der Waals surface area contributed by atoms with E-state index in [0.29, 0.717) is 18.2 Å². The van der Waals surface area contributed by atoms with Crippen molar-refractivity contribution in [2.24, 2.45) is 18.7 Å². The van der Waals surface area contributed by atoms with E-state index in [2.05, 4.69) is 10.4 Å². The molecule has 88 valence electrons. The minimum Gasteiger partial charge on any atom is -0.346 e. The van der Waals surface area contributed by atoms with Crippen LogP contribution < -0.4 is 11.1 Å². The summed E-state index contributed by atoms with van der Waals surface area (Å²) >= 11 is 0. The van der Waals surface area contributed by atoms with Crippen LogP contribution in [0.5, 0.6) is 0 Å². The molecule has 0 radical (unpaired) electrons. The Kier molecular flexibility index (Phi) is 2.96. The van der Waals surface area contributed by atoms with Gasteiger partial charge in [0.2, 0.25) is 0 Å². The van der Waals surface area contributed by atoms with Gasteiger partial charge in [-0.2, -0.15) is 5.10 Å². The quantitative estimate of drug-likeness (QED) is 0.764. The molecule has 1 aliphatic rings. The highest BCUT2D eigenvalue weighted by Gasteiger charge is 2.31. The standard InChI is InChI=1S/C11H18N4O/c1-7-5-10(15(2)14-7)11(16)13-9(6-12)8-3-4-8/h5,8-9H,3-4,6,12H2,1-2H3,(H,13,16). The SMILES string of the molecule is Cc1cc(C(=O)NC(CN)C2CC2)n(C)n1. The van der Waals surface area contributed by atoms with Crippen LogP contribution in [0, 0.1) is 12.8 Å². The van der Waals surface area contributed by atoms with Crippen molar-refractivity contribution >= 4 is 5.91 Å². The van der Waals surface area contributed by atoms with E-state index in [1.54, 1.807) is 17.8 Å². The molecular weight excluding hydrogens is 204 g/mol. The molecule has 1 aromatic heterocycles. The van der Waals surface area contributed by atoms with Crippen LogP contribution in [0.15, 0.2) is 6.07 Å². The molecule has 1 amide bonds. The first-order valence-corrected chi connectivity index (χ1v) is 5.63. The van der Waals surface area contributed by atoms with Gasteiger partial charge in [0, 0.05) is 19.6 Å². The number of nitrogens with two attached hydrogens (primary N) is 1. The molecule has 1 heterocycles. The summed E-state index contributed by atoms with van der Waals surface area (Å²) in [4.78, 5) is 12.0. The molecule has 3 N–H and O–H groups in total. The minimum absolute atomic E-state index is 0.0783. The van der Waals surface area contributed by atoms with Gasteiger partial charge in [0.15, 0.2) is 0 Å². The third kappa shape index (κ3) is 2.24. The lowest BCUT2D eigenvalue weighted by Gasteiger charge is -2.15. The fourth-order valence-electron chi connectivity index (χ4n) is 1.93. The van der Waals surface area contributed by atoms with E-state index in [0.717, 1.165) is 5.69 Å². The number of hydrogen-bond acceptors (Lipinski definition) is 3. The molecule has 1 unspecified atom stereocenters. The number of rotatable bonds is 4. The molecule has 5 nitrogen and oxygen atoms in total. The van der Waals surface area contributed by atoms with Crippen molar-refractivity contribution in [1.82, 2.24) is 15.1 Å². The van der Waals surface area contributed by atoms with E-state index in [9.17, 15) is 4.79 Å². The average Bonchev–Trinajstić information content (AvgIpc) is 3.01. The Balaban J connectivity index is 2.04. The van der Waals surface area contributed by atoms with Gasteiger partial charge in [-0.1, -0.05) is 0 Å². The number of amides is 1. The lowest BCUT2D eigenvalue weighted by atomic mass is 10.2. The first kappa shape index (κ1) is 11.1. The predicted octanol–water partition coefficient (Wildman–Crippen LogP) is 0.196. The Hall–Kier alpha value is -1.36. The van der Waals surface area contributed by atoms with Crippen molar-refractivity contribution in [2.45, 2.75) is 25.8 Å². The fourth-order valence-corrected chi connectivity index (χ4v) is 1.93. The molecule has 0 bridgehead atoms. The zero-order chi connectivity index (χ0) is 11.7. The van der Waals surface area contributed by atoms with Crippen molar-refractivity contribution in [3.05, 3.63) is 17.5 Å². The van der Waals surface area contributed by atoms with E-state index in [1.807, 2.05) is 6.92 Å². The Morgan fingerprint density at radius 1 is 1.75 bits per heavy atom. The van der Waals surface area contributed by atoms with E-state index in [1.165, 1.54) is 12.8 Å². The van der Waals surface area contributed by atoms with Crippen LogP contribution in [0.25, 0.3) is 0 Å². The van der Waals surface area contributed by atoms with Crippen LogP contribution in [-0.4, -0.2) is 28.3 Å². The topological polar surface area (TPSA) is 72.9 Å². The molecule has 16 heavy (non-hydrogen) atoms. The number of carbonyl (C=O) groups is 1. The molecule has 0 spiro atoms. The molecule has 1 atom stereocenters. The summed E-state index contributed by atoms with van der Waals surface area (Å²) in [6.07, 6.45) is 2.35. The molecule has 0 saturated heterocycles. The summed E-state index contributed by atoms with van der Waals surface area (Å²) in [5, 5.41) is 7.12. The van der Waals surface area contributed by atoms with Crippen LogP contribution in [-0.2, 0) is 7.05 Å². The third-order valence-electron chi connectivity index (χ3n) is 3.00. The highest BCUT2D eigenvalue weighted by Crippen LogP contribution is 2.32. The number of hydrogen-bond donors (Lipinski definition) is 2. The maximum Gasteiger partial charge on any atom is 0.269 e. The van der Waals surface area contributed by atoms with Crippen LogP contribution in [0.3, 0.4) is 0 Å². The number of aryl methyl sites for hydroxylation is 2. The lowest BCUT2D eigenvalue weighted by molar-refractivity contribution is 0.0924. The first-order chi connectivity index (χ1) is 7.61. The van der Waals surface area contributed by atoms with Gasteiger partial charge in [0.1, 0.15) is 5.69 Å². The Bertz CT molecular complexity index is 395. The highest BCUT2D eigenvalue weighted by atomic mass is 16.2. The maximum absolute atomic E-state index is 12.0. The molecule has 2 rings (SSSR count). The van der Waals surface area contributed by atoms with Crippen molar-refractivity contribution in [3.63, 3.8) is 0 Å². The second kappa shape index (κ2) is 4.25. The van der Waals surface area contributed by atoms with Crippen molar-refractivity contribution in [2.75, 3.05) is 6.54 Å². The average molecular weight is 222 g/mol. The van der Waals surface area contributed by atoms with Gasteiger partial charge in [-0.15, -0.1) is 0 Å². The van der Waals surface area contributed by atoms with Crippen LogP contribution in [0.4, 0.5) is 0 Å². The van der Waals surface area contributed by atoms with Crippen LogP contribution in [0.1, 0.15) is 29.0 Å². The first-order valence-electron chi connectivity index (χ1n) is 5.63. The highest BCUT2D eigenvalue weighted by molar-refractivity contribution is 5.92. The number of carbonyl (C=O) groups excluding carboxylic acids is 1. The smallest absolute Gasteiger partial charge is 0.269 e. The number of nitrogens with zero attached hydrogens (tertiary/aromatic N) is 2. The Labute approximate surface area is 95.0 Å². The van der Waals surface area contributed by atoms with Gasteiger partial charge in [-0.3, -0.25) is 9.48 Å². The molecule has 1 fully saturated rings. The van der Waals surface area contributed by atoms with E-state index < -0.39 is 0 Å². The predicted molar refractivity (Wildman–Crippen MR) is 61.0 cm³/mol. The van der Waals surface area contributed by atoms with Crippen LogP contribution in [0.2, 0.25) is 0 Å². The van der Waals surface area contributed by atoms with Gasteiger partial charge in [0.05, 0.1) is 5.69 Å². The molecule has 1 aliphatic carbocycles. The Morgan fingerprint density at radius 3 is 2.88 bits per heavy atom. The van der Waals surface area contributed by atoms with E-state index in [4.69, 9.17) is 5.73 Å². The van der Waals surface area contributed by atoms with Crippen molar-refractivity contribution in [3.8, 4) is 0 Å². The molecule has 0 aromatic carbocycles. The second-order valence-corrected chi connectivity index (χ2v) is 4.45. The van der Waals surface area contributed by atoms with Crippen molar-refractivity contribution < 1.29 is 4.79 Å². The number of aromatic nitrogens is 2. The summed E-state index contributed by atoms with van der Waals surface area (Å²) < 4.78 is 1.60. The summed E-state index contributed by atoms with van der Waals surface area (Å²) in [6.45, 7) is 2.38. The monoisotopic (exact) mass is 222 g/mol. The third-order valence-corrected chi connectivity index (χ3v) is 3.00. The Morgan fingerprint density at radius 2 is 2.44 bits per heavy atom. The molecule has 1 saturated carbocycles. The minimum atomic E-state index is -0.0783. The molecule has 1 aromatic rings. The van der Waals surface area contributed by atoms with Crippen molar-refractivity contribution in [1.29, 1.82) is 0 Å². The molecule has 5 heteroatoms. The van der Waals surface area contributed by atoms with Gasteiger partial charge in [-0.05, 0) is 31.7 Å².